The number of hydrogen-bond acceptors (Lipinski definition) is 5. The van der Waals surface area contributed by atoms with E-state index >= 15 is 0 Å². The normalized spacial score (nSPS) is 11.0. The van der Waals surface area contributed by atoms with Gasteiger partial charge in [-0.15, -0.1) is 10.2 Å². The molecule has 108 valence electrons. The van der Waals surface area contributed by atoms with E-state index in [1.165, 1.54) is 0 Å². The van der Waals surface area contributed by atoms with Crippen LogP contribution in [0.4, 0.5) is 0 Å². The van der Waals surface area contributed by atoms with Crippen LogP contribution in [0.1, 0.15) is 11.5 Å². The highest BCUT2D eigenvalue weighted by Gasteiger charge is 2.05. The molecule has 0 saturated carbocycles. The van der Waals surface area contributed by atoms with Gasteiger partial charge in [-0.25, -0.2) is 4.98 Å². The molecule has 0 fully saturated rings. The van der Waals surface area contributed by atoms with Crippen molar-refractivity contribution >= 4 is 10.9 Å². The number of fused-ring (bicyclic) bond motifs is 1. The minimum Gasteiger partial charge on any atom is -0.494 e. The van der Waals surface area contributed by atoms with Gasteiger partial charge < -0.3 is 14.6 Å². The number of benzene rings is 1. The lowest BCUT2D eigenvalue weighted by molar-refractivity contribution is 0.418. The Labute approximate surface area is 122 Å². The van der Waals surface area contributed by atoms with Crippen molar-refractivity contribution < 1.29 is 4.74 Å². The fraction of sp³-hybridized carbons (Fsp3) is 0.267. The van der Waals surface area contributed by atoms with Crippen LogP contribution >= 0.6 is 0 Å². The number of ether oxygens (including phenoxy) is 1. The Balaban J connectivity index is 1.74. The Morgan fingerprint density at radius 1 is 1.19 bits per heavy atom. The maximum atomic E-state index is 5.36. The van der Waals surface area contributed by atoms with E-state index in [0.717, 1.165) is 28.2 Å². The number of methoxy groups -OCH3 is 1. The predicted molar refractivity (Wildman–Crippen MR) is 79.8 cm³/mol. The van der Waals surface area contributed by atoms with Gasteiger partial charge in [0.15, 0.2) is 0 Å². The minimum atomic E-state index is 0.655. The summed E-state index contributed by atoms with van der Waals surface area (Å²) in [5.74, 6) is 1.69. The molecule has 21 heavy (non-hydrogen) atoms. The first-order chi connectivity index (χ1) is 10.3. The number of hydrogen-bond donors (Lipinski definition) is 1. The maximum absolute atomic E-state index is 5.36. The third kappa shape index (κ3) is 2.85. The molecule has 0 aliphatic rings. The molecule has 0 bridgehead atoms. The lowest BCUT2D eigenvalue weighted by Crippen LogP contribution is -2.16. The molecule has 1 aromatic carbocycles. The zero-order valence-corrected chi connectivity index (χ0v) is 12.1. The first-order valence-electron chi connectivity index (χ1n) is 6.74. The van der Waals surface area contributed by atoms with E-state index < -0.39 is 0 Å². The van der Waals surface area contributed by atoms with Crippen molar-refractivity contribution in [1.29, 1.82) is 0 Å². The third-order valence-corrected chi connectivity index (χ3v) is 3.36. The van der Waals surface area contributed by atoms with Crippen molar-refractivity contribution in [1.82, 2.24) is 25.1 Å². The van der Waals surface area contributed by atoms with E-state index in [1.807, 2.05) is 35.9 Å². The molecule has 3 rings (SSSR count). The van der Waals surface area contributed by atoms with E-state index in [2.05, 4.69) is 26.6 Å². The van der Waals surface area contributed by atoms with E-state index in [1.54, 1.807) is 13.4 Å². The van der Waals surface area contributed by atoms with Gasteiger partial charge in [0.25, 0.3) is 0 Å². The molecule has 0 aliphatic heterocycles. The van der Waals surface area contributed by atoms with Gasteiger partial charge in [-0.3, -0.25) is 0 Å². The van der Waals surface area contributed by atoms with Crippen LogP contribution < -0.4 is 10.1 Å². The number of rotatable bonds is 5. The largest absolute Gasteiger partial charge is 0.494 e. The Kier molecular flexibility index (Phi) is 3.79. The Bertz CT molecular complexity index is 753. The quantitative estimate of drug-likeness (QED) is 0.771. The first kappa shape index (κ1) is 13.5. The summed E-state index contributed by atoms with van der Waals surface area (Å²) < 4.78 is 7.25. The molecule has 6 nitrogen and oxygen atoms in total. The van der Waals surface area contributed by atoms with Gasteiger partial charge in [0.1, 0.15) is 23.4 Å². The summed E-state index contributed by atoms with van der Waals surface area (Å²) >= 11 is 0. The van der Waals surface area contributed by atoms with Gasteiger partial charge in [-0.2, -0.15) is 0 Å². The second-order valence-electron chi connectivity index (χ2n) is 4.80. The van der Waals surface area contributed by atoms with Crippen molar-refractivity contribution in [2.45, 2.75) is 13.1 Å². The number of nitrogens with one attached hydrogen (secondary N) is 1. The summed E-state index contributed by atoms with van der Waals surface area (Å²) in [4.78, 5) is 4.66. The summed E-state index contributed by atoms with van der Waals surface area (Å²) in [6, 6.07) is 10.00. The van der Waals surface area contributed by atoms with Crippen LogP contribution in [0.3, 0.4) is 0 Å². The number of pyridine rings is 1. The zero-order chi connectivity index (χ0) is 14.7. The van der Waals surface area contributed by atoms with E-state index in [0.29, 0.717) is 13.1 Å². The van der Waals surface area contributed by atoms with Crippen molar-refractivity contribution in [3.8, 4) is 5.75 Å². The Morgan fingerprint density at radius 3 is 2.86 bits per heavy atom. The second-order valence-corrected chi connectivity index (χ2v) is 4.80. The molecule has 0 spiro atoms. The molecule has 2 heterocycles. The van der Waals surface area contributed by atoms with E-state index in [-0.39, 0.29) is 0 Å². The first-order valence-corrected chi connectivity index (χ1v) is 6.74. The third-order valence-electron chi connectivity index (χ3n) is 3.36. The van der Waals surface area contributed by atoms with Gasteiger partial charge in [-0.05, 0) is 12.1 Å². The molecular weight excluding hydrogens is 266 g/mol. The van der Waals surface area contributed by atoms with Crippen LogP contribution in [0, 0.1) is 0 Å². The molecule has 3 aromatic rings. The maximum Gasteiger partial charge on any atom is 0.146 e. The van der Waals surface area contributed by atoms with Crippen LogP contribution in [-0.4, -0.2) is 26.9 Å². The van der Waals surface area contributed by atoms with Crippen LogP contribution in [0.15, 0.2) is 36.7 Å². The zero-order valence-electron chi connectivity index (χ0n) is 12.1. The monoisotopic (exact) mass is 283 g/mol. The minimum absolute atomic E-state index is 0.655. The number of aromatic nitrogens is 4. The molecule has 1 N–H and O–H groups in total. The standard InChI is InChI=1S/C15H17N5O/c1-20-10-17-19-14(20)9-16-8-12-7-6-11-4-3-5-13(21-2)15(11)18-12/h3-7,10,16H,8-9H2,1-2H3. The Hall–Kier alpha value is -2.47. The highest BCUT2D eigenvalue weighted by molar-refractivity contribution is 5.84. The average molecular weight is 283 g/mol. The lowest BCUT2D eigenvalue weighted by atomic mass is 10.2. The summed E-state index contributed by atoms with van der Waals surface area (Å²) in [6.45, 7) is 1.32. The Morgan fingerprint density at radius 2 is 2.10 bits per heavy atom. The molecule has 0 radical (unpaired) electrons. The van der Waals surface area contributed by atoms with Crippen LogP contribution in [0.25, 0.3) is 10.9 Å². The second kappa shape index (κ2) is 5.88. The van der Waals surface area contributed by atoms with E-state index in [4.69, 9.17) is 4.74 Å². The number of nitrogens with zero attached hydrogens (tertiary/aromatic N) is 4. The molecule has 0 unspecified atom stereocenters. The molecular formula is C15H17N5O. The van der Waals surface area contributed by atoms with Gasteiger partial charge in [-0.1, -0.05) is 18.2 Å². The summed E-state index contributed by atoms with van der Waals surface area (Å²) in [5, 5.41) is 12.3. The predicted octanol–water partition coefficient (Wildman–Crippen LogP) is 1.66. The lowest BCUT2D eigenvalue weighted by Gasteiger charge is -2.08. The van der Waals surface area contributed by atoms with Gasteiger partial charge in [0.05, 0.1) is 19.3 Å². The topological polar surface area (TPSA) is 64.9 Å². The van der Waals surface area contributed by atoms with Crippen molar-refractivity contribution in [3.05, 3.63) is 48.2 Å². The van der Waals surface area contributed by atoms with Crippen LogP contribution in [-0.2, 0) is 20.1 Å². The average Bonchev–Trinajstić information content (AvgIpc) is 2.92. The molecule has 0 aliphatic carbocycles. The molecule has 0 atom stereocenters. The van der Waals surface area contributed by atoms with Crippen LogP contribution in [0.5, 0.6) is 5.75 Å². The van der Waals surface area contributed by atoms with Gasteiger partial charge in [0, 0.05) is 19.0 Å². The smallest absolute Gasteiger partial charge is 0.146 e. The van der Waals surface area contributed by atoms with Crippen molar-refractivity contribution in [2.24, 2.45) is 7.05 Å². The van der Waals surface area contributed by atoms with Crippen molar-refractivity contribution in [2.75, 3.05) is 7.11 Å². The summed E-state index contributed by atoms with van der Waals surface area (Å²) in [6.07, 6.45) is 1.69. The SMILES string of the molecule is COc1cccc2ccc(CNCc3nncn3C)nc12. The van der Waals surface area contributed by atoms with Crippen LogP contribution in [0.2, 0.25) is 0 Å². The molecule has 6 heteroatoms. The highest BCUT2D eigenvalue weighted by Crippen LogP contribution is 2.23. The number of para-hydroxylation sites is 1. The highest BCUT2D eigenvalue weighted by atomic mass is 16.5. The van der Waals surface area contributed by atoms with E-state index in [9.17, 15) is 0 Å². The fourth-order valence-electron chi connectivity index (χ4n) is 2.19. The molecule has 0 amide bonds. The number of aryl methyl sites for hydroxylation is 1. The van der Waals surface area contributed by atoms with Crippen molar-refractivity contribution in [3.63, 3.8) is 0 Å². The molecule has 0 saturated heterocycles. The van der Waals surface area contributed by atoms with Gasteiger partial charge in [0.2, 0.25) is 0 Å². The summed E-state index contributed by atoms with van der Waals surface area (Å²) in [5.41, 5.74) is 1.85. The fourth-order valence-corrected chi connectivity index (χ4v) is 2.19. The van der Waals surface area contributed by atoms with Gasteiger partial charge >= 0.3 is 0 Å². The summed E-state index contributed by atoms with van der Waals surface area (Å²) in [7, 11) is 3.59. The molecule has 2 aromatic heterocycles.